The number of carbonyl (C=O) groups is 2. The number of carbonyl (C=O) groups excluding carboxylic acids is 2. The van der Waals surface area contributed by atoms with Gasteiger partial charge in [-0.3, -0.25) is 9.59 Å². The van der Waals surface area contributed by atoms with Gasteiger partial charge in [0.15, 0.2) is 0 Å². The Labute approximate surface area is 238 Å². The highest BCUT2D eigenvalue weighted by Crippen LogP contribution is 2.62. The standard InChI is InChI=1S/C18H25F15O6Si4/c1-40(2)36-41(3,4)38-43(7,39-42(5,6)37-40)9-8-10(34)11(35)12(19,20)13(21,22)14(23,24)15(25,26)16(27,28)17(29,30)18(31,32)33/h8-9H2,1-7H3. The van der Waals surface area contributed by atoms with Crippen molar-refractivity contribution in [2.45, 2.75) is 100 Å². The van der Waals surface area contributed by atoms with Crippen LogP contribution in [0, 0.1) is 0 Å². The van der Waals surface area contributed by atoms with Gasteiger partial charge in [0.1, 0.15) is 0 Å². The van der Waals surface area contributed by atoms with E-state index in [4.69, 9.17) is 16.5 Å². The summed E-state index contributed by atoms with van der Waals surface area (Å²) in [6, 6.07) is -0.858. The Hall–Kier alpha value is -1.00. The molecule has 1 aliphatic heterocycles. The molecule has 0 N–H and O–H groups in total. The molecule has 0 unspecified atom stereocenters. The quantitative estimate of drug-likeness (QED) is 0.135. The minimum atomic E-state index is -8.57. The largest absolute Gasteiger partial charge is 0.460 e. The Bertz CT molecular complexity index is 1070. The Morgan fingerprint density at radius 2 is 0.791 bits per heavy atom. The van der Waals surface area contributed by atoms with Gasteiger partial charge in [-0.05, 0) is 51.9 Å². The lowest BCUT2D eigenvalue weighted by molar-refractivity contribution is -0.449. The van der Waals surface area contributed by atoms with Crippen LogP contribution in [0.2, 0.25) is 51.9 Å². The number of hydrogen-bond donors (Lipinski definition) is 0. The lowest BCUT2D eigenvalue weighted by Gasteiger charge is -2.47. The number of halogens is 15. The third-order valence-corrected chi connectivity index (χ3v) is 22.0. The summed E-state index contributed by atoms with van der Waals surface area (Å²) >= 11 is 0. The summed E-state index contributed by atoms with van der Waals surface area (Å²) in [6.07, 6.45) is -9.32. The van der Waals surface area contributed by atoms with Crippen LogP contribution in [0.4, 0.5) is 65.9 Å². The molecule has 0 aromatic heterocycles. The molecule has 1 heterocycles. The van der Waals surface area contributed by atoms with Gasteiger partial charge in [-0.25, -0.2) is 0 Å². The second-order valence-electron chi connectivity index (χ2n) is 10.9. The van der Waals surface area contributed by atoms with Gasteiger partial charge in [-0.2, -0.15) is 65.9 Å². The van der Waals surface area contributed by atoms with E-state index in [0.29, 0.717) is 0 Å². The minimum Gasteiger partial charge on any atom is -0.416 e. The zero-order valence-corrected chi connectivity index (χ0v) is 27.0. The number of alkyl halides is 15. The highest BCUT2D eigenvalue weighted by molar-refractivity contribution is 6.93. The number of hydrogen-bond acceptors (Lipinski definition) is 6. The first-order valence-corrected chi connectivity index (χ1v) is 22.6. The van der Waals surface area contributed by atoms with Crippen LogP contribution in [0.3, 0.4) is 0 Å². The molecule has 43 heavy (non-hydrogen) atoms. The van der Waals surface area contributed by atoms with Crippen molar-refractivity contribution < 1.29 is 91.9 Å². The van der Waals surface area contributed by atoms with Crippen LogP contribution in [0.25, 0.3) is 0 Å². The Morgan fingerprint density at radius 3 is 1.14 bits per heavy atom. The Kier molecular flexibility index (Phi) is 10.3. The molecular weight excluding hydrogens is 710 g/mol. The molecule has 0 spiro atoms. The van der Waals surface area contributed by atoms with Gasteiger partial charge in [0.25, 0.3) is 5.78 Å². The molecule has 0 bridgehead atoms. The van der Waals surface area contributed by atoms with Crippen LogP contribution >= 0.6 is 0 Å². The smallest absolute Gasteiger partial charge is 0.416 e. The highest BCUT2D eigenvalue weighted by Gasteiger charge is 2.94. The number of ketones is 2. The van der Waals surface area contributed by atoms with Gasteiger partial charge in [-0.15, -0.1) is 0 Å². The van der Waals surface area contributed by atoms with Crippen molar-refractivity contribution in [1.82, 2.24) is 0 Å². The molecule has 0 aromatic rings. The summed E-state index contributed by atoms with van der Waals surface area (Å²) in [5.41, 5.74) is 0. The van der Waals surface area contributed by atoms with E-state index in [1.54, 1.807) is 13.1 Å². The van der Waals surface area contributed by atoms with Crippen LogP contribution in [-0.4, -0.2) is 87.5 Å². The van der Waals surface area contributed by atoms with E-state index < -0.39 is 100.0 Å². The average Bonchev–Trinajstić information content (AvgIpc) is 2.71. The second-order valence-corrected chi connectivity index (χ2v) is 25.4. The van der Waals surface area contributed by atoms with Crippen molar-refractivity contribution >= 4 is 45.8 Å². The molecule has 0 atom stereocenters. The zero-order valence-electron chi connectivity index (χ0n) is 23.0. The summed E-state index contributed by atoms with van der Waals surface area (Å²) in [6.45, 7) is 10.3. The molecule has 1 aliphatic rings. The predicted molar refractivity (Wildman–Crippen MR) is 124 cm³/mol. The van der Waals surface area contributed by atoms with Crippen molar-refractivity contribution in [3.8, 4) is 0 Å². The Morgan fingerprint density at radius 1 is 0.488 bits per heavy atom. The lowest BCUT2D eigenvalue weighted by Crippen LogP contribution is -2.73. The molecule has 1 rings (SSSR count). The number of Topliss-reactive ketones (excluding diaryl/α,β-unsaturated/α-hetero) is 2. The van der Waals surface area contributed by atoms with E-state index in [1.165, 1.54) is 32.7 Å². The van der Waals surface area contributed by atoms with E-state index >= 15 is 0 Å². The normalized spacial score (nSPS) is 22.0. The summed E-state index contributed by atoms with van der Waals surface area (Å²) in [4.78, 5) is 24.0. The van der Waals surface area contributed by atoms with E-state index in [0.717, 1.165) is 0 Å². The van der Waals surface area contributed by atoms with E-state index in [1.807, 2.05) is 0 Å². The van der Waals surface area contributed by atoms with Crippen molar-refractivity contribution in [3.05, 3.63) is 0 Å². The highest BCUT2D eigenvalue weighted by atomic mass is 28.5. The summed E-state index contributed by atoms with van der Waals surface area (Å²) in [7, 11) is -13.2. The van der Waals surface area contributed by atoms with E-state index in [-0.39, 0.29) is 0 Å². The molecule has 1 saturated heterocycles. The molecule has 0 aliphatic carbocycles. The van der Waals surface area contributed by atoms with Crippen LogP contribution in [0.5, 0.6) is 0 Å². The van der Waals surface area contributed by atoms with Crippen LogP contribution in [0.15, 0.2) is 0 Å². The van der Waals surface area contributed by atoms with E-state index in [9.17, 15) is 75.4 Å². The van der Waals surface area contributed by atoms with Gasteiger partial charge in [0.05, 0.1) is 0 Å². The molecular formula is C18H25F15O6Si4. The van der Waals surface area contributed by atoms with Gasteiger partial charge in [-0.1, -0.05) is 0 Å². The molecule has 0 amide bonds. The Balaban J connectivity index is 3.38. The van der Waals surface area contributed by atoms with Gasteiger partial charge in [0, 0.05) is 6.42 Å². The maximum Gasteiger partial charge on any atom is 0.460 e. The van der Waals surface area contributed by atoms with Crippen molar-refractivity contribution in [2.75, 3.05) is 0 Å². The molecule has 1 fully saturated rings. The summed E-state index contributed by atoms with van der Waals surface area (Å²) in [5.74, 6) is -55.6. The predicted octanol–water partition coefficient (Wildman–Crippen LogP) is 7.15. The molecule has 254 valence electrons. The zero-order chi connectivity index (χ0) is 34.9. The van der Waals surface area contributed by atoms with Gasteiger partial charge in [0.2, 0.25) is 5.78 Å². The molecule has 0 radical (unpaired) electrons. The molecule has 0 saturated carbocycles. The fourth-order valence-corrected chi connectivity index (χ4v) is 25.6. The van der Waals surface area contributed by atoms with Crippen molar-refractivity contribution in [2.24, 2.45) is 0 Å². The van der Waals surface area contributed by atoms with Crippen LogP contribution in [-0.2, 0) is 26.0 Å². The minimum absolute atomic E-state index is 0.858. The fourth-order valence-electron chi connectivity index (χ4n) is 4.15. The molecule has 0 aromatic carbocycles. The first-order valence-electron chi connectivity index (χ1n) is 11.6. The van der Waals surface area contributed by atoms with Gasteiger partial charge < -0.3 is 16.5 Å². The fraction of sp³-hybridized carbons (Fsp3) is 0.889. The summed E-state index contributed by atoms with van der Waals surface area (Å²) < 4.78 is 225. The third-order valence-electron chi connectivity index (χ3n) is 5.58. The van der Waals surface area contributed by atoms with Crippen LogP contribution in [0.1, 0.15) is 6.42 Å². The van der Waals surface area contributed by atoms with Crippen molar-refractivity contribution in [3.63, 3.8) is 0 Å². The third kappa shape index (κ3) is 7.21. The monoisotopic (exact) mass is 734 g/mol. The maximum atomic E-state index is 14.2. The lowest BCUT2D eigenvalue weighted by atomic mass is 9.89. The van der Waals surface area contributed by atoms with Crippen molar-refractivity contribution in [1.29, 1.82) is 0 Å². The summed E-state index contributed by atoms with van der Waals surface area (Å²) in [5, 5.41) is 0. The SMILES string of the molecule is C[Si]1(C)O[Si](C)(C)O[Si](C)(CCC(=O)C(=O)C(F)(F)C(F)(F)C(F)(F)C(F)(F)C(F)(F)C(F)(F)C(F)(F)F)O[Si](C)(C)O1. The topological polar surface area (TPSA) is 71.1 Å². The van der Waals surface area contributed by atoms with Crippen LogP contribution < -0.4 is 0 Å². The van der Waals surface area contributed by atoms with E-state index in [2.05, 4.69) is 0 Å². The first kappa shape index (κ1) is 40.0. The average molecular weight is 735 g/mol. The maximum absolute atomic E-state index is 14.2. The molecule has 25 heteroatoms. The number of rotatable bonds is 10. The molecule has 6 nitrogen and oxygen atoms in total. The second kappa shape index (κ2) is 11.1. The first-order chi connectivity index (χ1) is 18.4. The van der Waals surface area contributed by atoms with Gasteiger partial charge >= 0.3 is 76.0 Å².